The Morgan fingerprint density at radius 2 is 2.14 bits per heavy atom. The van der Waals surface area contributed by atoms with Gasteiger partial charge in [-0.25, -0.2) is 0 Å². The molecule has 1 aromatic carbocycles. The molecule has 0 amide bonds. The lowest BCUT2D eigenvalue weighted by molar-refractivity contribution is 0.0722. The van der Waals surface area contributed by atoms with Gasteiger partial charge in [0.25, 0.3) is 0 Å². The molecule has 116 valence electrons. The molecule has 0 aliphatic rings. The standard InChI is InChI=1S/C14H21FN4OS/c1-20-14(13(9-15)18-19-16)12-5-3-11(4-6-12)10-17-7-8-21-2/h3-6,13-14,17H,7-10H2,1-2H3/t13?,14-/m1/s1. The van der Waals surface area contributed by atoms with Crippen LogP contribution < -0.4 is 5.32 Å². The van der Waals surface area contributed by atoms with Gasteiger partial charge >= 0.3 is 0 Å². The zero-order valence-corrected chi connectivity index (χ0v) is 13.1. The normalized spacial score (nSPS) is 13.5. The summed E-state index contributed by atoms with van der Waals surface area (Å²) in [5.41, 5.74) is 10.4. The number of hydrogen-bond acceptors (Lipinski definition) is 4. The maximum atomic E-state index is 12.9. The Bertz CT molecular complexity index is 451. The van der Waals surface area contributed by atoms with Crippen molar-refractivity contribution >= 4 is 11.8 Å². The number of nitrogens with zero attached hydrogens (tertiary/aromatic N) is 3. The van der Waals surface area contributed by atoms with Crippen molar-refractivity contribution < 1.29 is 9.13 Å². The average molecular weight is 312 g/mol. The first-order chi connectivity index (χ1) is 10.3. The fraction of sp³-hybridized carbons (Fsp3) is 0.571. The number of azide groups is 1. The minimum absolute atomic E-state index is 0.565. The van der Waals surface area contributed by atoms with Gasteiger partial charge in [0.2, 0.25) is 0 Å². The van der Waals surface area contributed by atoms with Crippen molar-refractivity contribution in [2.45, 2.75) is 18.7 Å². The summed E-state index contributed by atoms with van der Waals surface area (Å²) in [7, 11) is 1.48. The summed E-state index contributed by atoms with van der Waals surface area (Å²) >= 11 is 1.80. The summed E-state index contributed by atoms with van der Waals surface area (Å²) < 4.78 is 18.2. The largest absolute Gasteiger partial charge is 0.376 e. The van der Waals surface area contributed by atoms with Gasteiger partial charge in [-0.2, -0.15) is 11.8 Å². The zero-order chi connectivity index (χ0) is 15.5. The number of rotatable bonds is 10. The molecule has 1 N–H and O–H groups in total. The number of alkyl halides is 1. The van der Waals surface area contributed by atoms with E-state index in [1.807, 2.05) is 24.3 Å². The van der Waals surface area contributed by atoms with Crippen molar-refractivity contribution in [1.29, 1.82) is 0 Å². The molecule has 0 fully saturated rings. The van der Waals surface area contributed by atoms with Gasteiger partial charge in [-0.15, -0.1) is 0 Å². The van der Waals surface area contributed by atoms with Crippen LogP contribution in [0.5, 0.6) is 0 Å². The van der Waals surface area contributed by atoms with Gasteiger partial charge in [0.15, 0.2) is 0 Å². The Labute approximate surface area is 128 Å². The average Bonchev–Trinajstić information content (AvgIpc) is 2.52. The van der Waals surface area contributed by atoms with Crippen LogP contribution in [0.3, 0.4) is 0 Å². The topological polar surface area (TPSA) is 70.0 Å². The molecule has 5 nitrogen and oxygen atoms in total. The van der Waals surface area contributed by atoms with Gasteiger partial charge in [-0.1, -0.05) is 29.4 Å². The monoisotopic (exact) mass is 312 g/mol. The number of ether oxygens (including phenoxy) is 1. The number of hydrogen-bond donors (Lipinski definition) is 1. The second kappa shape index (κ2) is 10.5. The molecule has 0 heterocycles. The zero-order valence-electron chi connectivity index (χ0n) is 12.3. The van der Waals surface area contributed by atoms with E-state index in [0.717, 1.165) is 30.0 Å². The molecule has 1 unspecified atom stereocenters. The highest BCUT2D eigenvalue weighted by Crippen LogP contribution is 2.24. The van der Waals surface area contributed by atoms with Gasteiger partial charge < -0.3 is 10.1 Å². The van der Waals surface area contributed by atoms with E-state index < -0.39 is 18.8 Å². The van der Waals surface area contributed by atoms with E-state index in [4.69, 9.17) is 10.3 Å². The Kier molecular flexibility index (Phi) is 8.85. The first-order valence-electron chi connectivity index (χ1n) is 6.68. The number of thioether (sulfide) groups is 1. The minimum Gasteiger partial charge on any atom is -0.376 e. The van der Waals surface area contributed by atoms with Crippen molar-refractivity contribution in [3.8, 4) is 0 Å². The molecule has 0 aliphatic carbocycles. The maximum absolute atomic E-state index is 12.9. The number of halogens is 1. The van der Waals surface area contributed by atoms with Crippen LogP contribution in [0.2, 0.25) is 0 Å². The predicted molar refractivity (Wildman–Crippen MR) is 85.2 cm³/mol. The third kappa shape index (κ3) is 5.93. The summed E-state index contributed by atoms with van der Waals surface area (Å²) in [5, 5.41) is 6.79. The van der Waals surface area contributed by atoms with E-state index in [-0.39, 0.29) is 0 Å². The lowest BCUT2D eigenvalue weighted by Crippen LogP contribution is -2.20. The summed E-state index contributed by atoms with van der Waals surface area (Å²) in [5.74, 6) is 1.08. The first kappa shape index (κ1) is 17.8. The highest BCUT2D eigenvalue weighted by atomic mass is 32.2. The van der Waals surface area contributed by atoms with Gasteiger partial charge in [0.1, 0.15) is 6.67 Å². The fourth-order valence-corrected chi connectivity index (χ4v) is 2.33. The van der Waals surface area contributed by atoms with Gasteiger partial charge in [0, 0.05) is 30.9 Å². The van der Waals surface area contributed by atoms with E-state index in [2.05, 4.69) is 21.6 Å². The first-order valence-corrected chi connectivity index (χ1v) is 8.07. The molecule has 21 heavy (non-hydrogen) atoms. The van der Waals surface area contributed by atoms with Crippen molar-refractivity contribution in [1.82, 2.24) is 5.32 Å². The summed E-state index contributed by atoms with van der Waals surface area (Å²) in [4.78, 5) is 2.67. The van der Waals surface area contributed by atoms with E-state index in [1.165, 1.54) is 7.11 Å². The molecular formula is C14H21FN4OS. The quantitative estimate of drug-likeness (QED) is 0.311. The molecule has 0 saturated carbocycles. The van der Waals surface area contributed by atoms with Crippen molar-refractivity contribution in [3.63, 3.8) is 0 Å². The summed E-state index contributed by atoms with van der Waals surface area (Å²) in [6, 6.07) is 6.87. The van der Waals surface area contributed by atoms with E-state index in [9.17, 15) is 4.39 Å². The van der Waals surface area contributed by atoms with Gasteiger partial charge in [0.05, 0.1) is 12.1 Å². The third-order valence-electron chi connectivity index (χ3n) is 3.08. The Hall–Kier alpha value is -1.27. The minimum atomic E-state index is -0.842. The van der Waals surface area contributed by atoms with Gasteiger partial charge in [-0.05, 0) is 22.9 Å². The Morgan fingerprint density at radius 3 is 2.67 bits per heavy atom. The summed E-state index contributed by atoms with van der Waals surface area (Å²) in [6.07, 6.45) is 1.51. The predicted octanol–water partition coefficient (Wildman–Crippen LogP) is 3.48. The molecule has 2 atom stereocenters. The van der Waals surface area contributed by atoms with Crippen LogP contribution in [0.4, 0.5) is 4.39 Å². The number of nitrogens with one attached hydrogen (secondary N) is 1. The molecular weight excluding hydrogens is 291 g/mol. The second-order valence-electron chi connectivity index (χ2n) is 4.49. The van der Waals surface area contributed by atoms with Gasteiger partial charge in [-0.3, -0.25) is 4.39 Å². The molecule has 0 saturated heterocycles. The van der Waals surface area contributed by atoms with Crippen LogP contribution in [0, 0.1) is 0 Å². The molecule has 0 aromatic heterocycles. The van der Waals surface area contributed by atoms with Crippen LogP contribution in [0.1, 0.15) is 17.2 Å². The van der Waals surface area contributed by atoms with E-state index in [1.54, 1.807) is 11.8 Å². The van der Waals surface area contributed by atoms with Crippen molar-refractivity contribution in [2.24, 2.45) is 5.11 Å². The molecule has 1 aromatic rings. The van der Waals surface area contributed by atoms with Crippen molar-refractivity contribution in [2.75, 3.05) is 32.3 Å². The van der Waals surface area contributed by atoms with Crippen LogP contribution in [0.15, 0.2) is 29.4 Å². The highest BCUT2D eigenvalue weighted by Gasteiger charge is 2.21. The lowest BCUT2D eigenvalue weighted by Gasteiger charge is -2.20. The van der Waals surface area contributed by atoms with Crippen LogP contribution in [0.25, 0.3) is 10.4 Å². The van der Waals surface area contributed by atoms with E-state index >= 15 is 0 Å². The van der Waals surface area contributed by atoms with Crippen LogP contribution in [-0.2, 0) is 11.3 Å². The Balaban J connectivity index is 2.68. The molecule has 0 radical (unpaired) electrons. The van der Waals surface area contributed by atoms with Crippen LogP contribution in [-0.4, -0.2) is 38.4 Å². The Morgan fingerprint density at radius 1 is 1.43 bits per heavy atom. The molecule has 0 bridgehead atoms. The molecule has 7 heteroatoms. The number of benzene rings is 1. The molecule has 1 rings (SSSR count). The molecule has 0 spiro atoms. The van der Waals surface area contributed by atoms with Crippen molar-refractivity contribution in [3.05, 3.63) is 45.8 Å². The van der Waals surface area contributed by atoms with E-state index in [0.29, 0.717) is 0 Å². The lowest BCUT2D eigenvalue weighted by atomic mass is 10.0. The smallest absolute Gasteiger partial charge is 0.101 e. The SMILES string of the molecule is CO[C@H](c1ccc(CNCCSC)cc1)C(CF)N=[N+]=[N-]. The summed E-state index contributed by atoms with van der Waals surface area (Å²) in [6.45, 7) is 1.01. The second-order valence-corrected chi connectivity index (χ2v) is 5.48. The molecule has 0 aliphatic heterocycles. The maximum Gasteiger partial charge on any atom is 0.101 e. The van der Waals surface area contributed by atoms with Crippen LogP contribution >= 0.6 is 11.8 Å². The third-order valence-corrected chi connectivity index (χ3v) is 3.69. The highest BCUT2D eigenvalue weighted by molar-refractivity contribution is 7.98. The number of methoxy groups -OCH3 is 1. The fourth-order valence-electron chi connectivity index (χ4n) is 1.99.